The number of rotatable bonds is 6. The molecule has 2 atom stereocenters. The molecule has 0 saturated heterocycles. The van der Waals surface area contributed by atoms with Crippen LogP contribution in [0.15, 0.2) is 76.9 Å². The Morgan fingerprint density at radius 1 is 1.13 bits per heavy atom. The van der Waals surface area contributed by atoms with Gasteiger partial charge in [0.2, 0.25) is 0 Å². The van der Waals surface area contributed by atoms with Gasteiger partial charge >= 0.3 is 11.9 Å². The first-order chi connectivity index (χ1) is 14.4. The van der Waals surface area contributed by atoms with E-state index in [4.69, 9.17) is 16.3 Å². The van der Waals surface area contributed by atoms with Crippen LogP contribution in [0.1, 0.15) is 30.9 Å². The SMILES string of the molecule is CC1=NC(C)=C(C(=O)OCC=Cc2ccccc2)C(c2cccc(Cl)c2)C1C(=O)O. The highest BCUT2D eigenvalue weighted by Crippen LogP contribution is 2.40. The lowest BCUT2D eigenvalue weighted by atomic mass is 9.75. The number of benzene rings is 2. The molecule has 0 bridgehead atoms. The Labute approximate surface area is 180 Å². The average Bonchev–Trinajstić information content (AvgIpc) is 2.71. The van der Waals surface area contributed by atoms with Gasteiger partial charge in [-0.3, -0.25) is 9.79 Å². The maximum atomic E-state index is 13.0. The molecule has 2 aromatic rings. The second kappa shape index (κ2) is 9.55. The number of ether oxygens (including phenoxy) is 1. The summed E-state index contributed by atoms with van der Waals surface area (Å²) in [6.07, 6.45) is 3.59. The molecule has 0 aliphatic carbocycles. The smallest absolute Gasteiger partial charge is 0.336 e. The standard InChI is InChI=1S/C24H22ClNO4/c1-15-20(23(27)28)22(18-11-6-12-19(25)14-18)21(16(2)26-15)24(29)30-13-7-10-17-8-4-3-5-9-17/h3-12,14,20,22H,13H2,1-2H3,(H,27,28). The van der Waals surface area contributed by atoms with E-state index in [2.05, 4.69) is 4.99 Å². The van der Waals surface area contributed by atoms with Gasteiger partial charge in [0.05, 0.1) is 5.57 Å². The molecular weight excluding hydrogens is 402 g/mol. The molecular formula is C24H22ClNO4. The van der Waals surface area contributed by atoms with E-state index in [1.807, 2.05) is 36.4 Å². The van der Waals surface area contributed by atoms with E-state index in [1.54, 1.807) is 44.2 Å². The molecule has 6 heteroatoms. The molecule has 2 aromatic carbocycles. The zero-order chi connectivity index (χ0) is 21.7. The van der Waals surface area contributed by atoms with Crippen LogP contribution in [0.4, 0.5) is 0 Å². The number of carboxylic acids is 1. The van der Waals surface area contributed by atoms with E-state index in [-0.39, 0.29) is 12.2 Å². The summed E-state index contributed by atoms with van der Waals surface area (Å²) in [4.78, 5) is 29.3. The molecule has 1 aliphatic heterocycles. The summed E-state index contributed by atoms with van der Waals surface area (Å²) in [5.74, 6) is -3.35. The molecule has 30 heavy (non-hydrogen) atoms. The first-order valence-electron chi connectivity index (χ1n) is 9.51. The Morgan fingerprint density at radius 2 is 1.87 bits per heavy atom. The van der Waals surface area contributed by atoms with Crippen LogP contribution in [0.2, 0.25) is 5.02 Å². The summed E-state index contributed by atoms with van der Waals surface area (Å²) in [6, 6.07) is 16.5. The number of halogens is 1. The molecule has 0 aromatic heterocycles. The number of carboxylic acid groups (broad SMARTS) is 1. The average molecular weight is 424 g/mol. The molecule has 1 N–H and O–H groups in total. The van der Waals surface area contributed by atoms with Crippen LogP contribution in [0.25, 0.3) is 6.08 Å². The number of esters is 1. The number of aliphatic carboxylic acids is 1. The fraction of sp³-hybridized carbons (Fsp3) is 0.208. The van der Waals surface area contributed by atoms with Gasteiger partial charge < -0.3 is 9.84 Å². The van der Waals surface area contributed by atoms with Crippen molar-refractivity contribution in [1.82, 2.24) is 0 Å². The van der Waals surface area contributed by atoms with Crippen molar-refractivity contribution in [2.24, 2.45) is 10.9 Å². The Morgan fingerprint density at radius 3 is 2.53 bits per heavy atom. The molecule has 154 valence electrons. The summed E-state index contributed by atoms with van der Waals surface area (Å²) < 4.78 is 5.44. The number of allylic oxidation sites excluding steroid dienone is 1. The first kappa shape index (κ1) is 21.5. The highest BCUT2D eigenvalue weighted by atomic mass is 35.5. The topological polar surface area (TPSA) is 76.0 Å². The largest absolute Gasteiger partial charge is 0.481 e. The van der Waals surface area contributed by atoms with Crippen molar-refractivity contribution in [3.63, 3.8) is 0 Å². The molecule has 1 aliphatic rings. The predicted molar refractivity (Wildman–Crippen MR) is 118 cm³/mol. The van der Waals surface area contributed by atoms with Gasteiger partial charge in [-0.1, -0.05) is 60.1 Å². The van der Waals surface area contributed by atoms with Crippen molar-refractivity contribution in [2.75, 3.05) is 6.61 Å². The number of hydrogen-bond acceptors (Lipinski definition) is 4. The molecule has 0 radical (unpaired) electrons. The molecule has 0 fully saturated rings. The maximum absolute atomic E-state index is 13.0. The lowest BCUT2D eigenvalue weighted by Gasteiger charge is -2.30. The van der Waals surface area contributed by atoms with Gasteiger partial charge in [-0.25, -0.2) is 4.79 Å². The van der Waals surface area contributed by atoms with Crippen LogP contribution >= 0.6 is 11.6 Å². The minimum atomic E-state index is -1.05. The zero-order valence-corrected chi connectivity index (χ0v) is 17.5. The minimum absolute atomic E-state index is 0.0627. The minimum Gasteiger partial charge on any atom is -0.481 e. The summed E-state index contributed by atoms with van der Waals surface area (Å²) in [5.41, 5.74) is 2.75. The number of carbonyl (C=O) groups is 2. The predicted octanol–water partition coefficient (Wildman–Crippen LogP) is 5.13. The lowest BCUT2D eigenvalue weighted by Crippen LogP contribution is -2.35. The summed E-state index contributed by atoms with van der Waals surface area (Å²) in [6.45, 7) is 3.41. The highest BCUT2D eigenvalue weighted by molar-refractivity contribution is 6.30. The Balaban J connectivity index is 1.88. The zero-order valence-electron chi connectivity index (χ0n) is 16.7. The lowest BCUT2D eigenvalue weighted by molar-refractivity contribution is -0.140. The molecule has 3 rings (SSSR count). The van der Waals surface area contributed by atoms with Crippen LogP contribution in [0.3, 0.4) is 0 Å². The van der Waals surface area contributed by atoms with Gasteiger partial charge in [-0.15, -0.1) is 0 Å². The third-order valence-corrected chi connectivity index (χ3v) is 5.18. The van der Waals surface area contributed by atoms with Gasteiger partial charge in [-0.2, -0.15) is 0 Å². The maximum Gasteiger partial charge on any atom is 0.336 e. The van der Waals surface area contributed by atoms with Crippen molar-refractivity contribution in [1.29, 1.82) is 0 Å². The third kappa shape index (κ3) is 4.86. The van der Waals surface area contributed by atoms with Gasteiger partial charge in [0.1, 0.15) is 12.5 Å². The Hall–Kier alpha value is -3.18. The van der Waals surface area contributed by atoms with Crippen molar-refractivity contribution in [3.05, 3.63) is 88.1 Å². The molecule has 1 heterocycles. The van der Waals surface area contributed by atoms with E-state index in [9.17, 15) is 14.7 Å². The van der Waals surface area contributed by atoms with Gasteiger partial charge in [0, 0.05) is 22.3 Å². The highest BCUT2D eigenvalue weighted by Gasteiger charge is 2.41. The number of carbonyl (C=O) groups excluding carboxylic acids is 1. The van der Waals surface area contributed by atoms with Gasteiger partial charge in [-0.05, 0) is 43.2 Å². The van der Waals surface area contributed by atoms with E-state index in [0.29, 0.717) is 22.0 Å². The van der Waals surface area contributed by atoms with Crippen molar-refractivity contribution < 1.29 is 19.4 Å². The van der Waals surface area contributed by atoms with Crippen molar-refractivity contribution >= 4 is 35.3 Å². The van der Waals surface area contributed by atoms with Gasteiger partial charge in [0.15, 0.2) is 0 Å². The Kier molecular flexibility index (Phi) is 6.85. The number of hydrogen-bond donors (Lipinski definition) is 1. The van der Waals surface area contributed by atoms with E-state index < -0.39 is 23.8 Å². The van der Waals surface area contributed by atoms with E-state index in [0.717, 1.165) is 5.56 Å². The molecule has 0 saturated carbocycles. The van der Waals surface area contributed by atoms with E-state index >= 15 is 0 Å². The number of nitrogens with zero attached hydrogens (tertiary/aromatic N) is 1. The summed E-state index contributed by atoms with van der Waals surface area (Å²) >= 11 is 6.13. The fourth-order valence-corrected chi connectivity index (χ4v) is 3.83. The Bertz CT molecular complexity index is 1040. The summed E-state index contributed by atoms with van der Waals surface area (Å²) in [5, 5.41) is 10.3. The van der Waals surface area contributed by atoms with Crippen LogP contribution in [0.5, 0.6) is 0 Å². The third-order valence-electron chi connectivity index (χ3n) is 4.94. The van der Waals surface area contributed by atoms with Crippen LogP contribution in [-0.4, -0.2) is 29.4 Å². The monoisotopic (exact) mass is 423 g/mol. The molecule has 0 spiro atoms. The second-order valence-electron chi connectivity index (χ2n) is 7.01. The van der Waals surface area contributed by atoms with Crippen LogP contribution < -0.4 is 0 Å². The van der Waals surface area contributed by atoms with E-state index in [1.165, 1.54) is 0 Å². The quantitative estimate of drug-likeness (QED) is 0.653. The van der Waals surface area contributed by atoms with Crippen molar-refractivity contribution in [3.8, 4) is 0 Å². The first-order valence-corrected chi connectivity index (χ1v) is 9.89. The van der Waals surface area contributed by atoms with Crippen molar-refractivity contribution in [2.45, 2.75) is 19.8 Å². The van der Waals surface area contributed by atoms with Crippen LogP contribution in [0, 0.1) is 5.92 Å². The molecule has 5 nitrogen and oxygen atoms in total. The van der Waals surface area contributed by atoms with Gasteiger partial charge in [0.25, 0.3) is 0 Å². The fourth-order valence-electron chi connectivity index (χ4n) is 3.63. The second-order valence-corrected chi connectivity index (χ2v) is 7.45. The van der Waals surface area contributed by atoms with Crippen LogP contribution in [-0.2, 0) is 14.3 Å². The normalized spacial score (nSPS) is 19.0. The number of aliphatic imine (C=N–C) groups is 1. The molecule has 2 unspecified atom stereocenters. The summed E-state index contributed by atoms with van der Waals surface area (Å²) in [7, 11) is 0. The molecule has 0 amide bonds.